The Morgan fingerprint density at radius 1 is 1.00 bits per heavy atom. The Morgan fingerprint density at radius 2 is 1.63 bits per heavy atom. The third kappa shape index (κ3) is 3.50. The second-order valence-electron chi connectivity index (χ2n) is 4.21. The lowest BCUT2D eigenvalue weighted by Crippen LogP contribution is -2.02. The molecule has 0 spiro atoms. The van der Waals surface area contributed by atoms with Crippen molar-refractivity contribution in [3.05, 3.63) is 63.4 Å². The number of nitrogens with one attached hydrogen (secondary N) is 1. The molecule has 100 valence electrons. The Morgan fingerprint density at radius 3 is 2.26 bits per heavy atom. The van der Waals surface area contributed by atoms with E-state index in [0.717, 1.165) is 11.6 Å². The highest BCUT2D eigenvalue weighted by Crippen LogP contribution is 2.24. The molecule has 0 fully saturated rings. The van der Waals surface area contributed by atoms with Crippen molar-refractivity contribution in [3.8, 4) is 0 Å². The summed E-state index contributed by atoms with van der Waals surface area (Å²) in [6, 6.07) is 6.32. The van der Waals surface area contributed by atoms with Crippen LogP contribution in [0, 0.1) is 24.4 Å². The van der Waals surface area contributed by atoms with E-state index < -0.39 is 11.6 Å². The quantitative estimate of drug-likeness (QED) is 0.853. The summed E-state index contributed by atoms with van der Waals surface area (Å²) in [4.78, 5) is 0. The molecule has 0 saturated carbocycles. The summed E-state index contributed by atoms with van der Waals surface area (Å²) < 4.78 is 39.6. The normalized spacial score (nSPS) is 10.6. The smallest absolute Gasteiger partial charge is 0.137 e. The minimum absolute atomic E-state index is 0.258. The highest BCUT2D eigenvalue weighted by molar-refractivity contribution is 9.10. The van der Waals surface area contributed by atoms with Crippen molar-refractivity contribution < 1.29 is 13.2 Å². The first-order valence-corrected chi connectivity index (χ1v) is 6.39. The van der Waals surface area contributed by atoms with Crippen LogP contribution in [0.3, 0.4) is 0 Å². The summed E-state index contributed by atoms with van der Waals surface area (Å²) >= 11 is 3.09. The van der Waals surface area contributed by atoms with E-state index in [2.05, 4.69) is 21.2 Å². The molecule has 0 aliphatic heterocycles. The molecule has 0 aliphatic rings. The molecule has 0 heterocycles. The maximum atomic E-state index is 13.3. The van der Waals surface area contributed by atoms with Crippen LogP contribution in [0.25, 0.3) is 0 Å². The van der Waals surface area contributed by atoms with Gasteiger partial charge < -0.3 is 5.32 Å². The lowest BCUT2D eigenvalue weighted by atomic mass is 10.1. The van der Waals surface area contributed by atoms with Gasteiger partial charge in [-0.1, -0.05) is 0 Å². The maximum absolute atomic E-state index is 13.3. The van der Waals surface area contributed by atoms with Crippen LogP contribution in [-0.4, -0.2) is 0 Å². The van der Waals surface area contributed by atoms with Crippen LogP contribution >= 0.6 is 15.9 Å². The van der Waals surface area contributed by atoms with E-state index >= 15 is 0 Å². The topological polar surface area (TPSA) is 12.0 Å². The summed E-state index contributed by atoms with van der Waals surface area (Å²) in [5.41, 5.74) is 1.91. The molecule has 0 bridgehead atoms. The third-order valence-corrected chi connectivity index (χ3v) is 3.28. The summed E-state index contributed by atoms with van der Waals surface area (Å²) in [5.74, 6) is -1.58. The van der Waals surface area contributed by atoms with Gasteiger partial charge in [0.15, 0.2) is 0 Å². The zero-order valence-corrected chi connectivity index (χ0v) is 11.7. The van der Waals surface area contributed by atoms with Crippen molar-refractivity contribution in [1.29, 1.82) is 0 Å². The Balaban J connectivity index is 2.16. The average molecular weight is 330 g/mol. The van der Waals surface area contributed by atoms with Gasteiger partial charge in [-0.25, -0.2) is 13.2 Å². The monoisotopic (exact) mass is 329 g/mol. The molecule has 2 aromatic rings. The van der Waals surface area contributed by atoms with Gasteiger partial charge in [0.05, 0.1) is 4.47 Å². The standard InChI is InChI=1S/C14H11BrF3N/c1-8-2-13(18)12(15)6-14(8)19-7-9-3-10(16)5-11(17)4-9/h2-6,19H,7H2,1H3. The maximum Gasteiger partial charge on any atom is 0.137 e. The fourth-order valence-corrected chi connectivity index (χ4v) is 2.09. The highest BCUT2D eigenvalue weighted by Gasteiger charge is 2.06. The molecule has 0 radical (unpaired) electrons. The summed E-state index contributed by atoms with van der Waals surface area (Å²) in [6.07, 6.45) is 0. The molecule has 2 rings (SSSR count). The van der Waals surface area contributed by atoms with Gasteiger partial charge in [0.1, 0.15) is 17.5 Å². The summed E-state index contributed by atoms with van der Waals surface area (Å²) in [7, 11) is 0. The molecule has 0 amide bonds. The van der Waals surface area contributed by atoms with E-state index in [1.165, 1.54) is 18.2 Å². The van der Waals surface area contributed by atoms with Gasteiger partial charge in [-0.05, 0) is 58.2 Å². The largest absolute Gasteiger partial charge is 0.381 e. The minimum atomic E-state index is -0.617. The van der Waals surface area contributed by atoms with Crippen LogP contribution in [0.5, 0.6) is 0 Å². The second kappa shape index (κ2) is 5.65. The fourth-order valence-electron chi connectivity index (χ4n) is 1.75. The molecule has 0 aromatic heterocycles. The van der Waals surface area contributed by atoms with E-state index in [1.807, 2.05) is 0 Å². The van der Waals surface area contributed by atoms with Crippen molar-refractivity contribution in [1.82, 2.24) is 0 Å². The Hall–Kier alpha value is -1.49. The molecule has 19 heavy (non-hydrogen) atoms. The first-order valence-electron chi connectivity index (χ1n) is 5.60. The average Bonchev–Trinajstić information content (AvgIpc) is 2.31. The van der Waals surface area contributed by atoms with Crippen molar-refractivity contribution >= 4 is 21.6 Å². The fraction of sp³-hybridized carbons (Fsp3) is 0.143. The van der Waals surface area contributed by atoms with Gasteiger partial charge in [0.2, 0.25) is 0 Å². The summed E-state index contributed by atoms with van der Waals surface area (Å²) in [5, 5.41) is 3.02. The lowest BCUT2D eigenvalue weighted by Gasteiger charge is -2.11. The summed E-state index contributed by atoms with van der Waals surface area (Å²) in [6.45, 7) is 2.01. The molecule has 0 atom stereocenters. The number of halogens is 4. The van der Waals surface area contributed by atoms with Crippen LogP contribution in [0.2, 0.25) is 0 Å². The van der Waals surface area contributed by atoms with Gasteiger partial charge in [-0.2, -0.15) is 0 Å². The predicted molar refractivity (Wildman–Crippen MR) is 72.5 cm³/mol. The first kappa shape index (κ1) is 13.9. The molecular weight excluding hydrogens is 319 g/mol. The van der Waals surface area contributed by atoms with Gasteiger partial charge in [0, 0.05) is 18.3 Å². The van der Waals surface area contributed by atoms with Crippen LogP contribution in [0.15, 0.2) is 34.8 Å². The molecule has 1 N–H and O–H groups in total. The lowest BCUT2D eigenvalue weighted by molar-refractivity contribution is 0.580. The number of aryl methyl sites for hydroxylation is 1. The Labute approximate surface area is 117 Å². The van der Waals surface area contributed by atoms with Crippen LogP contribution in [0.1, 0.15) is 11.1 Å². The minimum Gasteiger partial charge on any atom is -0.381 e. The highest BCUT2D eigenvalue weighted by atomic mass is 79.9. The van der Waals surface area contributed by atoms with Gasteiger partial charge in [-0.3, -0.25) is 0 Å². The molecule has 2 aromatic carbocycles. The van der Waals surface area contributed by atoms with E-state index in [0.29, 0.717) is 15.7 Å². The number of hydrogen-bond acceptors (Lipinski definition) is 1. The predicted octanol–water partition coefficient (Wildman–Crippen LogP) is 4.79. The zero-order chi connectivity index (χ0) is 14.0. The second-order valence-corrected chi connectivity index (χ2v) is 5.07. The van der Waals surface area contributed by atoms with Crippen molar-refractivity contribution in [2.45, 2.75) is 13.5 Å². The van der Waals surface area contributed by atoms with Gasteiger partial charge >= 0.3 is 0 Å². The van der Waals surface area contributed by atoms with E-state index in [4.69, 9.17) is 0 Å². The number of hydrogen-bond donors (Lipinski definition) is 1. The molecular formula is C14H11BrF3N. The van der Waals surface area contributed by atoms with Crippen LogP contribution in [0.4, 0.5) is 18.9 Å². The van der Waals surface area contributed by atoms with Crippen LogP contribution < -0.4 is 5.32 Å². The van der Waals surface area contributed by atoms with E-state index in [1.54, 1.807) is 13.0 Å². The molecule has 0 aliphatic carbocycles. The van der Waals surface area contributed by atoms with Crippen LogP contribution in [-0.2, 0) is 6.54 Å². The van der Waals surface area contributed by atoms with E-state index in [9.17, 15) is 13.2 Å². The van der Waals surface area contributed by atoms with Gasteiger partial charge in [0.25, 0.3) is 0 Å². The molecule has 0 unspecified atom stereocenters. The number of anilines is 1. The molecule has 0 saturated heterocycles. The number of benzene rings is 2. The van der Waals surface area contributed by atoms with Gasteiger partial charge in [-0.15, -0.1) is 0 Å². The van der Waals surface area contributed by atoms with Crippen molar-refractivity contribution in [2.75, 3.05) is 5.32 Å². The third-order valence-electron chi connectivity index (χ3n) is 2.67. The molecule has 1 nitrogen and oxygen atoms in total. The first-order chi connectivity index (χ1) is 8.95. The van der Waals surface area contributed by atoms with E-state index in [-0.39, 0.29) is 12.4 Å². The zero-order valence-electron chi connectivity index (χ0n) is 10.1. The Bertz CT molecular complexity index is 594. The molecule has 5 heteroatoms. The van der Waals surface area contributed by atoms with Crippen molar-refractivity contribution in [3.63, 3.8) is 0 Å². The SMILES string of the molecule is Cc1cc(F)c(Br)cc1NCc1cc(F)cc(F)c1. The Kier molecular flexibility index (Phi) is 4.14. The number of rotatable bonds is 3. The van der Waals surface area contributed by atoms with Crippen molar-refractivity contribution in [2.24, 2.45) is 0 Å².